The number of nitrogens with zero attached hydrogens (tertiary/aromatic N) is 5. The van der Waals surface area contributed by atoms with E-state index in [2.05, 4.69) is 57.6 Å². The van der Waals surface area contributed by atoms with Crippen LogP contribution in [-0.2, 0) is 17.6 Å². The van der Waals surface area contributed by atoms with Crippen LogP contribution in [0.1, 0.15) is 25.0 Å². The number of ether oxygens (including phenoxy) is 1. The molecule has 1 aromatic heterocycles. The summed E-state index contributed by atoms with van der Waals surface area (Å²) in [7, 11) is 0. The van der Waals surface area contributed by atoms with E-state index in [1.54, 1.807) is 6.20 Å². The van der Waals surface area contributed by atoms with Crippen LogP contribution >= 0.6 is 0 Å². The molecule has 2 saturated heterocycles. The van der Waals surface area contributed by atoms with Gasteiger partial charge in [0.15, 0.2) is 0 Å². The molecule has 218 valence electrons. The van der Waals surface area contributed by atoms with Gasteiger partial charge in [0.25, 0.3) is 5.56 Å². The summed E-state index contributed by atoms with van der Waals surface area (Å²) in [4.78, 5) is 33.3. The molecule has 10 nitrogen and oxygen atoms in total. The van der Waals surface area contributed by atoms with Crippen LogP contribution in [0.25, 0.3) is 5.69 Å². The van der Waals surface area contributed by atoms with Crippen molar-refractivity contribution in [2.75, 3.05) is 81.1 Å². The van der Waals surface area contributed by atoms with Gasteiger partial charge in [-0.15, -0.1) is 0 Å². The Balaban J connectivity index is 1.30. The fraction of sp³-hybridized carbons (Fsp3) is 0.452. The highest BCUT2D eigenvalue weighted by atomic mass is 16.5. The molecule has 0 unspecified atom stereocenters. The smallest absolute Gasteiger partial charge is 0.321 e. The van der Waals surface area contributed by atoms with Crippen molar-refractivity contribution in [3.8, 4) is 5.69 Å². The van der Waals surface area contributed by atoms with Gasteiger partial charge >= 0.3 is 6.03 Å². The van der Waals surface area contributed by atoms with Crippen molar-refractivity contribution in [2.24, 2.45) is 0 Å². The predicted molar refractivity (Wildman–Crippen MR) is 164 cm³/mol. The number of aromatic nitrogens is 2. The fourth-order valence-electron chi connectivity index (χ4n) is 5.51. The van der Waals surface area contributed by atoms with E-state index in [9.17, 15) is 9.59 Å². The molecule has 3 aromatic rings. The van der Waals surface area contributed by atoms with Crippen molar-refractivity contribution in [1.29, 1.82) is 0 Å². The van der Waals surface area contributed by atoms with E-state index in [-0.39, 0.29) is 11.6 Å². The van der Waals surface area contributed by atoms with Crippen LogP contribution in [0.3, 0.4) is 0 Å². The summed E-state index contributed by atoms with van der Waals surface area (Å²) in [6.07, 6.45) is 3.49. The number of urea groups is 1. The minimum atomic E-state index is -0.181. The molecule has 2 aromatic carbocycles. The molecule has 2 N–H and O–H groups in total. The first kappa shape index (κ1) is 28.6. The normalized spacial score (nSPS) is 16.0. The zero-order valence-corrected chi connectivity index (χ0v) is 24.1. The Hall–Kier alpha value is -3.89. The predicted octanol–water partition coefficient (Wildman–Crippen LogP) is 3.46. The van der Waals surface area contributed by atoms with E-state index in [0.717, 1.165) is 73.9 Å². The van der Waals surface area contributed by atoms with Gasteiger partial charge in [0, 0.05) is 58.0 Å². The molecular formula is C31H41N7O3. The zero-order valence-electron chi connectivity index (χ0n) is 24.1. The maximum absolute atomic E-state index is 13.7. The summed E-state index contributed by atoms with van der Waals surface area (Å²) in [5, 5.41) is 11.2. The van der Waals surface area contributed by atoms with Gasteiger partial charge in [-0.2, -0.15) is 9.78 Å². The van der Waals surface area contributed by atoms with Crippen LogP contribution in [-0.4, -0.2) is 91.2 Å². The summed E-state index contributed by atoms with van der Waals surface area (Å²) < 4.78 is 6.91. The number of rotatable bonds is 9. The van der Waals surface area contributed by atoms with Crippen molar-refractivity contribution >= 4 is 23.1 Å². The third kappa shape index (κ3) is 6.71. The third-order valence-corrected chi connectivity index (χ3v) is 7.93. The lowest BCUT2D eigenvalue weighted by Gasteiger charge is -2.37. The van der Waals surface area contributed by atoms with Gasteiger partial charge < -0.3 is 25.2 Å². The number of morpholine rings is 1. The molecule has 5 rings (SSSR count). The molecule has 2 fully saturated rings. The second-order valence-corrected chi connectivity index (χ2v) is 10.4. The lowest BCUT2D eigenvalue weighted by atomic mass is 10.0. The molecule has 10 heteroatoms. The van der Waals surface area contributed by atoms with Gasteiger partial charge in [0.2, 0.25) is 0 Å². The van der Waals surface area contributed by atoms with Gasteiger partial charge in [-0.3, -0.25) is 9.69 Å². The Labute approximate surface area is 241 Å². The summed E-state index contributed by atoms with van der Waals surface area (Å²) in [5.74, 6) is 0. The zero-order chi connectivity index (χ0) is 28.6. The summed E-state index contributed by atoms with van der Waals surface area (Å²) in [6, 6.07) is 15.6. The molecule has 0 saturated carbocycles. The number of para-hydroxylation sites is 2. The summed E-state index contributed by atoms with van der Waals surface area (Å²) in [6.45, 7) is 11.3. The Bertz CT molecular complexity index is 1340. The second kappa shape index (κ2) is 13.6. The number of carbonyl (C=O) groups excluding carboxylic acids is 1. The number of hydrogen-bond donors (Lipinski definition) is 2. The second-order valence-electron chi connectivity index (χ2n) is 10.4. The van der Waals surface area contributed by atoms with Crippen molar-refractivity contribution in [3.63, 3.8) is 0 Å². The molecule has 3 heterocycles. The molecule has 2 aliphatic heterocycles. The van der Waals surface area contributed by atoms with Gasteiger partial charge in [-0.1, -0.05) is 50.2 Å². The third-order valence-electron chi connectivity index (χ3n) is 7.93. The van der Waals surface area contributed by atoms with Crippen LogP contribution in [0.15, 0.2) is 59.5 Å². The number of carbonyl (C=O) groups is 1. The number of amides is 2. The molecule has 0 bridgehead atoms. The first-order valence-electron chi connectivity index (χ1n) is 14.7. The minimum absolute atomic E-state index is 0.0817. The van der Waals surface area contributed by atoms with Crippen LogP contribution in [0, 0.1) is 0 Å². The number of anilines is 3. The molecule has 0 aliphatic carbocycles. The van der Waals surface area contributed by atoms with Gasteiger partial charge in [-0.25, -0.2) is 4.79 Å². The largest absolute Gasteiger partial charge is 0.379 e. The van der Waals surface area contributed by atoms with E-state index >= 15 is 0 Å². The quantitative estimate of drug-likeness (QED) is 0.415. The van der Waals surface area contributed by atoms with Gasteiger partial charge in [0.05, 0.1) is 30.8 Å². The Kier molecular flexibility index (Phi) is 9.53. The molecule has 0 spiro atoms. The summed E-state index contributed by atoms with van der Waals surface area (Å²) >= 11 is 0. The molecule has 2 amide bonds. The van der Waals surface area contributed by atoms with Gasteiger partial charge in [0.1, 0.15) is 5.69 Å². The van der Waals surface area contributed by atoms with E-state index in [1.165, 1.54) is 4.68 Å². The van der Waals surface area contributed by atoms with Crippen LogP contribution in [0.5, 0.6) is 0 Å². The van der Waals surface area contributed by atoms with E-state index in [0.29, 0.717) is 38.4 Å². The van der Waals surface area contributed by atoms with E-state index < -0.39 is 0 Å². The maximum atomic E-state index is 13.7. The number of aryl methyl sites for hydroxylation is 2. The number of piperazine rings is 1. The number of hydrogen-bond acceptors (Lipinski definition) is 7. The Morgan fingerprint density at radius 3 is 2.22 bits per heavy atom. The van der Waals surface area contributed by atoms with Gasteiger partial charge in [-0.05, 0) is 36.1 Å². The van der Waals surface area contributed by atoms with Crippen molar-refractivity contribution in [3.05, 3.63) is 76.2 Å². The molecule has 0 radical (unpaired) electrons. The fourth-order valence-corrected chi connectivity index (χ4v) is 5.51. The molecular weight excluding hydrogens is 518 g/mol. The highest BCUT2D eigenvalue weighted by molar-refractivity contribution is 5.91. The Morgan fingerprint density at radius 1 is 0.878 bits per heavy atom. The van der Waals surface area contributed by atoms with E-state index in [4.69, 9.17) is 4.74 Å². The maximum Gasteiger partial charge on any atom is 0.321 e. The average Bonchev–Trinajstić information content (AvgIpc) is 3.03. The highest BCUT2D eigenvalue weighted by Crippen LogP contribution is 2.25. The topological polar surface area (TPSA) is 95.0 Å². The standard InChI is InChI=1S/C31H41N7O3/c1-3-24-9-8-10-25(4-2)28(24)34-31(40)37-17-15-36(16-18-37)27-23-33-38(26-11-6-5-7-12-26)30(39)29(27)32-13-14-35-19-21-41-22-20-35/h5-12,23,32H,3-4,13-22H2,1-2H3,(H,34,40). The summed E-state index contributed by atoms with van der Waals surface area (Å²) in [5.41, 5.74) is 5.08. The van der Waals surface area contributed by atoms with Crippen LogP contribution in [0.2, 0.25) is 0 Å². The van der Waals surface area contributed by atoms with Crippen molar-refractivity contribution < 1.29 is 9.53 Å². The SMILES string of the molecule is CCc1cccc(CC)c1NC(=O)N1CCN(c2cnn(-c3ccccc3)c(=O)c2NCCN2CCOCC2)CC1. The monoisotopic (exact) mass is 559 g/mol. The van der Waals surface area contributed by atoms with Crippen molar-refractivity contribution in [2.45, 2.75) is 26.7 Å². The lowest BCUT2D eigenvalue weighted by Crippen LogP contribution is -2.50. The highest BCUT2D eigenvalue weighted by Gasteiger charge is 2.26. The van der Waals surface area contributed by atoms with Crippen molar-refractivity contribution in [1.82, 2.24) is 19.6 Å². The minimum Gasteiger partial charge on any atom is -0.379 e. The average molecular weight is 560 g/mol. The number of nitrogens with one attached hydrogen (secondary N) is 2. The first-order chi connectivity index (χ1) is 20.1. The van der Waals surface area contributed by atoms with Crippen LogP contribution in [0.4, 0.5) is 21.9 Å². The molecule has 2 aliphatic rings. The number of benzene rings is 2. The van der Waals surface area contributed by atoms with E-state index in [1.807, 2.05) is 35.2 Å². The molecule has 41 heavy (non-hydrogen) atoms. The first-order valence-corrected chi connectivity index (χ1v) is 14.7. The Morgan fingerprint density at radius 2 is 1.56 bits per heavy atom. The molecule has 0 atom stereocenters. The van der Waals surface area contributed by atoms with Crippen LogP contribution < -0.4 is 21.1 Å². The lowest BCUT2D eigenvalue weighted by molar-refractivity contribution is 0.0398.